The van der Waals surface area contributed by atoms with Gasteiger partial charge in [-0.05, 0) is 55.1 Å². The summed E-state index contributed by atoms with van der Waals surface area (Å²) in [5.41, 5.74) is 7.55. The lowest BCUT2D eigenvalue weighted by Crippen LogP contribution is -2.46. The third kappa shape index (κ3) is 3.53. The second-order valence-corrected chi connectivity index (χ2v) is 8.07. The highest BCUT2D eigenvalue weighted by Crippen LogP contribution is 2.41. The first-order valence-corrected chi connectivity index (χ1v) is 9.41. The fourth-order valence-corrected chi connectivity index (χ4v) is 5.35. The molecule has 2 aliphatic rings. The molecule has 0 amide bonds. The predicted octanol–water partition coefficient (Wildman–Crippen LogP) is 4.17. The van der Waals surface area contributed by atoms with Crippen molar-refractivity contribution in [2.45, 2.75) is 37.3 Å². The Morgan fingerprint density at radius 2 is 2.14 bits per heavy atom. The maximum atomic E-state index is 6.49. The molecule has 5 heteroatoms. The summed E-state index contributed by atoms with van der Waals surface area (Å²) in [6, 6.07) is 5.73. The van der Waals surface area contributed by atoms with Crippen LogP contribution in [0.15, 0.2) is 18.2 Å². The summed E-state index contributed by atoms with van der Waals surface area (Å²) >= 11 is 14.5. The normalized spacial score (nSPS) is 30.7. The van der Waals surface area contributed by atoms with E-state index in [0.717, 1.165) is 53.7 Å². The van der Waals surface area contributed by atoms with Crippen molar-refractivity contribution in [2.75, 3.05) is 18.1 Å². The Bertz CT molecular complexity index is 485. The van der Waals surface area contributed by atoms with E-state index in [9.17, 15) is 0 Å². The molecule has 2 nitrogen and oxygen atoms in total. The van der Waals surface area contributed by atoms with Crippen molar-refractivity contribution in [1.29, 1.82) is 0 Å². The highest BCUT2D eigenvalue weighted by molar-refractivity contribution is 7.99. The first-order chi connectivity index (χ1) is 10.1. The third-order valence-corrected chi connectivity index (χ3v) is 6.64. The average molecular weight is 346 g/mol. The number of ether oxygens (including phenoxy) is 1. The van der Waals surface area contributed by atoms with Crippen LogP contribution in [0, 0.1) is 5.92 Å². The van der Waals surface area contributed by atoms with Crippen LogP contribution in [0.1, 0.15) is 24.8 Å². The number of benzene rings is 1. The highest BCUT2D eigenvalue weighted by atomic mass is 35.5. The zero-order valence-electron chi connectivity index (χ0n) is 12.0. The summed E-state index contributed by atoms with van der Waals surface area (Å²) in [5.74, 6) is 2.81. The molecule has 0 aromatic heterocycles. The summed E-state index contributed by atoms with van der Waals surface area (Å²) in [6.45, 7) is 0.829. The minimum atomic E-state index is 0.0788. The van der Waals surface area contributed by atoms with E-state index in [1.54, 1.807) is 0 Å². The molecule has 3 unspecified atom stereocenters. The SMILES string of the molecule is NC(Cc1c(Cl)cccc1Cl)C1CCOC2(CCSC2)C1. The topological polar surface area (TPSA) is 35.2 Å². The Morgan fingerprint density at radius 1 is 1.38 bits per heavy atom. The maximum absolute atomic E-state index is 6.49. The molecule has 116 valence electrons. The van der Waals surface area contributed by atoms with Crippen LogP contribution in [0.4, 0.5) is 0 Å². The van der Waals surface area contributed by atoms with Crippen LogP contribution in [0.2, 0.25) is 10.0 Å². The number of halogens is 2. The molecule has 1 aromatic rings. The van der Waals surface area contributed by atoms with Crippen molar-refractivity contribution in [1.82, 2.24) is 0 Å². The monoisotopic (exact) mass is 345 g/mol. The zero-order valence-corrected chi connectivity index (χ0v) is 14.3. The molecule has 2 saturated heterocycles. The molecular formula is C16H21Cl2NOS. The van der Waals surface area contributed by atoms with E-state index in [1.807, 2.05) is 30.0 Å². The van der Waals surface area contributed by atoms with Crippen molar-refractivity contribution in [3.05, 3.63) is 33.8 Å². The lowest BCUT2D eigenvalue weighted by Gasteiger charge is -2.40. The first kappa shape index (κ1) is 15.9. The summed E-state index contributed by atoms with van der Waals surface area (Å²) in [4.78, 5) is 0. The van der Waals surface area contributed by atoms with Gasteiger partial charge in [0.05, 0.1) is 5.60 Å². The Balaban J connectivity index is 1.69. The summed E-state index contributed by atoms with van der Waals surface area (Å²) in [5, 5.41) is 1.44. The Morgan fingerprint density at radius 3 is 2.81 bits per heavy atom. The number of hydrogen-bond acceptors (Lipinski definition) is 3. The number of nitrogens with two attached hydrogens (primary N) is 1. The predicted molar refractivity (Wildman–Crippen MR) is 91.5 cm³/mol. The molecule has 1 spiro atoms. The van der Waals surface area contributed by atoms with Gasteiger partial charge in [-0.15, -0.1) is 0 Å². The fraction of sp³-hybridized carbons (Fsp3) is 0.625. The number of thioether (sulfide) groups is 1. The quantitative estimate of drug-likeness (QED) is 0.892. The Labute approximate surface area is 140 Å². The first-order valence-electron chi connectivity index (χ1n) is 7.50. The third-order valence-electron chi connectivity index (χ3n) is 4.71. The van der Waals surface area contributed by atoms with Crippen molar-refractivity contribution in [3.8, 4) is 0 Å². The van der Waals surface area contributed by atoms with E-state index in [0.29, 0.717) is 5.92 Å². The van der Waals surface area contributed by atoms with Gasteiger partial charge in [-0.1, -0.05) is 29.3 Å². The minimum absolute atomic E-state index is 0.0788. The smallest absolute Gasteiger partial charge is 0.0783 e. The van der Waals surface area contributed by atoms with Crippen LogP contribution in [-0.2, 0) is 11.2 Å². The molecule has 0 bridgehead atoms. The van der Waals surface area contributed by atoms with Gasteiger partial charge in [0.1, 0.15) is 0 Å². The van der Waals surface area contributed by atoms with Crippen molar-refractivity contribution < 1.29 is 4.74 Å². The number of hydrogen-bond donors (Lipinski definition) is 1. The largest absolute Gasteiger partial charge is 0.374 e. The van der Waals surface area contributed by atoms with Gasteiger partial charge >= 0.3 is 0 Å². The standard InChI is InChI=1S/C16H21Cl2NOS/c17-13-2-1-3-14(18)12(13)8-15(19)11-4-6-20-16(9-11)5-7-21-10-16/h1-3,11,15H,4-10,19H2. The van der Waals surface area contributed by atoms with E-state index in [4.69, 9.17) is 33.7 Å². The second kappa shape index (κ2) is 6.67. The highest BCUT2D eigenvalue weighted by Gasteiger charge is 2.41. The molecule has 0 saturated carbocycles. The lowest BCUT2D eigenvalue weighted by atomic mass is 9.80. The number of rotatable bonds is 3. The van der Waals surface area contributed by atoms with Gasteiger partial charge < -0.3 is 10.5 Å². The van der Waals surface area contributed by atoms with Gasteiger partial charge in [0.25, 0.3) is 0 Å². The molecule has 2 N–H and O–H groups in total. The summed E-state index contributed by atoms with van der Waals surface area (Å²) in [7, 11) is 0. The summed E-state index contributed by atoms with van der Waals surface area (Å²) < 4.78 is 6.08. The van der Waals surface area contributed by atoms with Crippen LogP contribution in [0.5, 0.6) is 0 Å². The van der Waals surface area contributed by atoms with Crippen molar-refractivity contribution in [2.24, 2.45) is 11.7 Å². The van der Waals surface area contributed by atoms with Crippen LogP contribution < -0.4 is 5.73 Å². The van der Waals surface area contributed by atoms with Crippen molar-refractivity contribution >= 4 is 35.0 Å². The van der Waals surface area contributed by atoms with Gasteiger partial charge in [0, 0.05) is 28.4 Å². The molecule has 0 aliphatic carbocycles. The van der Waals surface area contributed by atoms with Crippen LogP contribution >= 0.6 is 35.0 Å². The molecule has 3 rings (SSSR count). The van der Waals surface area contributed by atoms with E-state index >= 15 is 0 Å². The molecule has 1 aromatic carbocycles. The molecule has 3 atom stereocenters. The van der Waals surface area contributed by atoms with Crippen molar-refractivity contribution in [3.63, 3.8) is 0 Å². The molecule has 2 aliphatic heterocycles. The minimum Gasteiger partial charge on any atom is -0.374 e. The zero-order chi connectivity index (χ0) is 14.9. The Hall–Kier alpha value is 0.0700. The molecule has 21 heavy (non-hydrogen) atoms. The molecule has 2 heterocycles. The van der Waals surface area contributed by atoms with Gasteiger partial charge in [-0.25, -0.2) is 0 Å². The van der Waals surface area contributed by atoms with Gasteiger partial charge in [0.2, 0.25) is 0 Å². The van der Waals surface area contributed by atoms with Crippen LogP contribution in [-0.4, -0.2) is 29.8 Å². The summed E-state index contributed by atoms with van der Waals surface area (Å²) in [6.07, 6.45) is 4.01. The van der Waals surface area contributed by atoms with E-state index in [1.165, 1.54) is 5.75 Å². The van der Waals surface area contributed by atoms with Crippen LogP contribution in [0.25, 0.3) is 0 Å². The van der Waals surface area contributed by atoms with Gasteiger partial charge in [-0.3, -0.25) is 0 Å². The molecule has 0 radical (unpaired) electrons. The fourth-order valence-electron chi connectivity index (χ4n) is 3.42. The van der Waals surface area contributed by atoms with Crippen LogP contribution in [0.3, 0.4) is 0 Å². The molecular weight excluding hydrogens is 325 g/mol. The average Bonchev–Trinajstić information content (AvgIpc) is 2.91. The van der Waals surface area contributed by atoms with E-state index in [2.05, 4.69) is 0 Å². The molecule has 2 fully saturated rings. The Kier molecular flexibility index (Phi) is 5.07. The lowest BCUT2D eigenvalue weighted by molar-refractivity contribution is -0.0831. The van der Waals surface area contributed by atoms with Gasteiger partial charge in [0.15, 0.2) is 0 Å². The maximum Gasteiger partial charge on any atom is 0.0783 e. The second-order valence-electron chi connectivity index (χ2n) is 6.16. The van der Waals surface area contributed by atoms with Gasteiger partial charge in [-0.2, -0.15) is 11.8 Å². The van der Waals surface area contributed by atoms with E-state index in [-0.39, 0.29) is 11.6 Å². The van der Waals surface area contributed by atoms with E-state index < -0.39 is 0 Å².